The lowest BCUT2D eigenvalue weighted by molar-refractivity contribution is 0.511. The topological polar surface area (TPSA) is 37.5 Å². The number of amidine groups is 1. The minimum atomic E-state index is 0.383. The van der Waals surface area contributed by atoms with Crippen LogP contribution in [0.2, 0.25) is 0 Å². The largest absolute Gasteiger partial charge is 0.469 e. The van der Waals surface area contributed by atoms with E-state index in [0.717, 1.165) is 29.6 Å². The summed E-state index contributed by atoms with van der Waals surface area (Å²) in [4.78, 5) is 4.58. The van der Waals surface area contributed by atoms with Crippen LogP contribution in [0, 0.1) is 0 Å². The molecule has 1 atom stereocenters. The molecule has 0 saturated carbocycles. The Labute approximate surface area is 117 Å². The lowest BCUT2D eigenvalue weighted by Gasteiger charge is -2.09. The van der Waals surface area contributed by atoms with Gasteiger partial charge in [0, 0.05) is 18.7 Å². The van der Waals surface area contributed by atoms with Gasteiger partial charge in [0.1, 0.15) is 5.76 Å². The number of rotatable bonds is 4. The van der Waals surface area contributed by atoms with Crippen molar-refractivity contribution in [3.05, 3.63) is 60.1 Å². The minimum Gasteiger partial charge on any atom is -0.469 e. The molecule has 0 amide bonds. The lowest BCUT2D eigenvalue weighted by atomic mass is 10.1. The van der Waals surface area contributed by atoms with Gasteiger partial charge in [-0.05, 0) is 17.7 Å². The summed E-state index contributed by atoms with van der Waals surface area (Å²) in [5.41, 5.74) is 1.33. The average molecular weight is 272 g/mol. The van der Waals surface area contributed by atoms with E-state index in [-0.39, 0.29) is 0 Å². The Hall–Kier alpha value is -1.68. The number of nitrogens with zero attached hydrogens (tertiary/aromatic N) is 1. The first kappa shape index (κ1) is 12.4. The van der Waals surface area contributed by atoms with Crippen LogP contribution >= 0.6 is 11.8 Å². The summed E-state index contributed by atoms with van der Waals surface area (Å²) in [5, 5.41) is 4.51. The molecule has 3 nitrogen and oxygen atoms in total. The van der Waals surface area contributed by atoms with Crippen LogP contribution in [0.25, 0.3) is 0 Å². The molecule has 1 fully saturated rings. The molecule has 0 radical (unpaired) electrons. The summed E-state index contributed by atoms with van der Waals surface area (Å²) in [7, 11) is 0. The van der Waals surface area contributed by atoms with Gasteiger partial charge in [0.25, 0.3) is 0 Å². The van der Waals surface area contributed by atoms with E-state index in [1.807, 2.05) is 18.2 Å². The van der Waals surface area contributed by atoms with Crippen molar-refractivity contribution >= 4 is 16.9 Å². The molecule has 2 aromatic rings. The number of hydrogen-bond donors (Lipinski definition) is 1. The molecule has 1 unspecified atom stereocenters. The summed E-state index contributed by atoms with van der Waals surface area (Å²) in [6.45, 7) is 0.768. The van der Waals surface area contributed by atoms with E-state index in [4.69, 9.17) is 4.42 Å². The Kier molecular flexibility index (Phi) is 3.89. The second kappa shape index (κ2) is 5.97. The zero-order valence-electron chi connectivity index (χ0n) is 10.6. The van der Waals surface area contributed by atoms with Gasteiger partial charge in [0.05, 0.1) is 12.3 Å². The second-order valence-corrected chi connectivity index (χ2v) is 5.44. The van der Waals surface area contributed by atoms with E-state index in [0.29, 0.717) is 6.04 Å². The monoisotopic (exact) mass is 272 g/mol. The molecule has 1 aromatic carbocycles. The summed E-state index contributed by atoms with van der Waals surface area (Å²) < 4.78 is 5.29. The number of benzene rings is 1. The highest BCUT2D eigenvalue weighted by Gasteiger charge is 2.21. The first-order chi connectivity index (χ1) is 9.42. The molecule has 0 spiro atoms. The predicted molar refractivity (Wildman–Crippen MR) is 79.5 cm³/mol. The van der Waals surface area contributed by atoms with Gasteiger partial charge in [0.15, 0.2) is 5.17 Å². The van der Waals surface area contributed by atoms with Crippen molar-refractivity contribution in [1.29, 1.82) is 0 Å². The van der Waals surface area contributed by atoms with Gasteiger partial charge in [-0.2, -0.15) is 0 Å². The van der Waals surface area contributed by atoms with E-state index in [1.165, 1.54) is 5.56 Å². The molecule has 1 aromatic heterocycles. The number of aliphatic imine (C=N–C) groups is 1. The van der Waals surface area contributed by atoms with Crippen LogP contribution in [0.3, 0.4) is 0 Å². The average Bonchev–Trinajstić information content (AvgIpc) is 3.11. The van der Waals surface area contributed by atoms with Gasteiger partial charge in [-0.25, -0.2) is 0 Å². The van der Waals surface area contributed by atoms with Gasteiger partial charge >= 0.3 is 0 Å². The van der Waals surface area contributed by atoms with Crippen molar-refractivity contribution in [3.8, 4) is 0 Å². The third kappa shape index (κ3) is 3.20. The lowest BCUT2D eigenvalue weighted by Crippen LogP contribution is -2.19. The van der Waals surface area contributed by atoms with Crippen molar-refractivity contribution in [2.45, 2.75) is 12.5 Å². The quantitative estimate of drug-likeness (QED) is 0.928. The fraction of sp³-hybridized carbons (Fsp3) is 0.267. The smallest absolute Gasteiger partial charge is 0.157 e. The first-order valence-electron chi connectivity index (χ1n) is 6.43. The van der Waals surface area contributed by atoms with Crippen LogP contribution in [-0.4, -0.2) is 17.5 Å². The van der Waals surface area contributed by atoms with E-state index in [1.54, 1.807) is 18.0 Å². The van der Waals surface area contributed by atoms with E-state index < -0.39 is 0 Å². The Balaban J connectivity index is 1.54. The molecule has 0 aliphatic carbocycles. The number of thioether (sulfide) groups is 1. The number of hydrogen-bond acceptors (Lipinski definition) is 3. The molecule has 1 saturated heterocycles. The summed E-state index contributed by atoms with van der Waals surface area (Å²) in [5.74, 6) is 2.04. The van der Waals surface area contributed by atoms with Crippen LogP contribution in [-0.2, 0) is 6.42 Å². The second-order valence-electron chi connectivity index (χ2n) is 4.43. The van der Waals surface area contributed by atoms with E-state index >= 15 is 0 Å². The summed E-state index contributed by atoms with van der Waals surface area (Å²) in [6.07, 6.45) is 2.56. The maximum atomic E-state index is 5.29. The molecular formula is C15H16N2OS. The zero-order chi connectivity index (χ0) is 12.9. The molecule has 3 rings (SSSR count). The highest BCUT2D eigenvalue weighted by molar-refractivity contribution is 8.14. The maximum absolute atomic E-state index is 5.29. The summed E-state index contributed by atoms with van der Waals surface area (Å²) >= 11 is 1.79. The molecule has 4 heteroatoms. The van der Waals surface area contributed by atoms with Crippen LogP contribution in [0.4, 0.5) is 0 Å². The predicted octanol–water partition coefficient (Wildman–Crippen LogP) is 3.26. The van der Waals surface area contributed by atoms with Gasteiger partial charge in [-0.15, -0.1) is 0 Å². The van der Waals surface area contributed by atoms with Crippen molar-refractivity contribution in [1.82, 2.24) is 5.32 Å². The fourth-order valence-electron chi connectivity index (χ4n) is 2.07. The number of furan rings is 1. The van der Waals surface area contributed by atoms with Gasteiger partial charge in [-0.3, -0.25) is 4.99 Å². The van der Waals surface area contributed by atoms with Gasteiger partial charge in [-0.1, -0.05) is 42.1 Å². The van der Waals surface area contributed by atoms with Crippen molar-refractivity contribution in [2.24, 2.45) is 4.99 Å². The maximum Gasteiger partial charge on any atom is 0.157 e. The molecule has 2 heterocycles. The third-order valence-electron chi connectivity index (χ3n) is 3.08. The molecule has 19 heavy (non-hydrogen) atoms. The number of nitrogens with one attached hydrogen (secondary N) is 1. The molecular weight excluding hydrogens is 256 g/mol. The molecule has 98 valence electrons. The standard InChI is InChI=1S/C15H16N2OS/c1-2-5-12(6-3-1)14-11-19-15(17-14)16-9-8-13-7-4-10-18-13/h1-7,10,14H,8-9,11H2,(H,16,17). The Morgan fingerprint density at radius 1 is 1.21 bits per heavy atom. The van der Waals surface area contributed by atoms with Gasteiger partial charge in [0.2, 0.25) is 0 Å². The van der Waals surface area contributed by atoms with Crippen LogP contribution < -0.4 is 5.32 Å². The van der Waals surface area contributed by atoms with E-state index in [9.17, 15) is 0 Å². The van der Waals surface area contributed by atoms with Gasteiger partial charge < -0.3 is 9.73 Å². The fourth-order valence-corrected chi connectivity index (χ4v) is 3.08. The normalized spacial score (nSPS) is 20.6. The first-order valence-corrected chi connectivity index (χ1v) is 7.41. The van der Waals surface area contributed by atoms with Crippen LogP contribution in [0.5, 0.6) is 0 Å². The van der Waals surface area contributed by atoms with Crippen molar-refractivity contribution in [3.63, 3.8) is 0 Å². The Bertz CT molecular complexity index is 537. The van der Waals surface area contributed by atoms with Crippen LogP contribution in [0.1, 0.15) is 17.4 Å². The molecule has 1 aliphatic heterocycles. The van der Waals surface area contributed by atoms with Crippen molar-refractivity contribution in [2.75, 3.05) is 12.3 Å². The molecule has 1 aliphatic rings. The zero-order valence-corrected chi connectivity index (χ0v) is 11.4. The SMILES string of the molecule is c1ccc(C2CSC(=NCCc3ccco3)N2)cc1. The molecule has 0 bridgehead atoms. The third-order valence-corrected chi connectivity index (χ3v) is 4.10. The van der Waals surface area contributed by atoms with Crippen LogP contribution in [0.15, 0.2) is 58.1 Å². The minimum absolute atomic E-state index is 0.383. The highest BCUT2D eigenvalue weighted by Crippen LogP contribution is 2.25. The Morgan fingerprint density at radius 2 is 2.11 bits per heavy atom. The Morgan fingerprint density at radius 3 is 2.89 bits per heavy atom. The van der Waals surface area contributed by atoms with Crippen molar-refractivity contribution < 1.29 is 4.42 Å². The highest BCUT2D eigenvalue weighted by atomic mass is 32.2. The molecule has 1 N–H and O–H groups in total. The van der Waals surface area contributed by atoms with E-state index in [2.05, 4.69) is 34.6 Å². The summed E-state index contributed by atoms with van der Waals surface area (Å²) in [6, 6.07) is 14.8.